The number of amides is 2. The van der Waals surface area contributed by atoms with Gasteiger partial charge in [-0.3, -0.25) is 0 Å². The topological polar surface area (TPSA) is 61.4 Å². The van der Waals surface area contributed by atoms with Crippen molar-refractivity contribution in [2.75, 3.05) is 13.2 Å². The van der Waals surface area contributed by atoms with Crippen molar-refractivity contribution in [3.8, 4) is 0 Å². The summed E-state index contributed by atoms with van der Waals surface area (Å²) in [4.78, 5) is 11.7. The summed E-state index contributed by atoms with van der Waals surface area (Å²) in [6, 6.07) is 0.292. The van der Waals surface area contributed by atoms with Crippen LogP contribution in [0.2, 0.25) is 0 Å². The number of rotatable bonds is 6. The van der Waals surface area contributed by atoms with Crippen LogP contribution < -0.4 is 10.6 Å². The molecule has 4 nitrogen and oxygen atoms in total. The molecule has 0 aliphatic heterocycles. The molecule has 0 radical (unpaired) electrons. The lowest BCUT2D eigenvalue weighted by Crippen LogP contribution is -2.44. The van der Waals surface area contributed by atoms with Crippen molar-refractivity contribution in [1.29, 1.82) is 0 Å². The quantitative estimate of drug-likeness (QED) is 0.682. The van der Waals surface area contributed by atoms with Gasteiger partial charge in [0.05, 0.1) is 0 Å². The molecule has 1 aliphatic carbocycles. The van der Waals surface area contributed by atoms with Gasteiger partial charge in [-0.25, -0.2) is 4.79 Å². The summed E-state index contributed by atoms with van der Waals surface area (Å²) in [6.07, 6.45) is 6.69. The van der Waals surface area contributed by atoms with Crippen molar-refractivity contribution < 1.29 is 9.90 Å². The Labute approximate surface area is 111 Å². The zero-order valence-corrected chi connectivity index (χ0v) is 11.7. The highest BCUT2D eigenvalue weighted by Crippen LogP contribution is 2.26. The van der Waals surface area contributed by atoms with Crippen LogP contribution in [0.4, 0.5) is 4.79 Å². The van der Waals surface area contributed by atoms with Crippen LogP contribution in [-0.2, 0) is 0 Å². The number of urea groups is 1. The number of aliphatic hydroxyl groups excluding tert-OH is 1. The van der Waals surface area contributed by atoms with Crippen molar-refractivity contribution in [1.82, 2.24) is 10.6 Å². The van der Waals surface area contributed by atoms with E-state index in [-0.39, 0.29) is 12.6 Å². The minimum absolute atomic E-state index is 0.0558. The Balaban J connectivity index is 2.13. The lowest BCUT2D eigenvalue weighted by molar-refractivity contribution is 0.221. The van der Waals surface area contributed by atoms with Crippen LogP contribution in [0.1, 0.15) is 52.4 Å². The summed E-state index contributed by atoms with van der Waals surface area (Å²) in [5.74, 6) is 1.19. The molecule has 0 aromatic rings. The fraction of sp³-hybridized carbons (Fsp3) is 0.929. The van der Waals surface area contributed by atoms with E-state index in [1.165, 1.54) is 19.3 Å². The van der Waals surface area contributed by atoms with E-state index in [1.54, 1.807) is 0 Å². The van der Waals surface area contributed by atoms with Crippen molar-refractivity contribution in [3.05, 3.63) is 0 Å². The second kappa shape index (κ2) is 8.35. The van der Waals surface area contributed by atoms with Gasteiger partial charge in [0.25, 0.3) is 0 Å². The molecule has 1 atom stereocenters. The van der Waals surface area contributed by atoms with Gasteiger partial charge < -0.3 is 15.7 Å². The van der Waals surface area contributed by atoms with E-state index in [0.717, 1.165) is 25.2 Å². The largest absolute Gasteiger partial charge is 0.396 e. The number of hydrogen-bond donors (Lipinski definition) is 3. The second-order valence-electron chi connectivity index (χ2n) is 5.60. The molecule has 0 aromatic carbocycles. The van der Waals surface area contributed by atoms with E-state index >= 15 is 0 Å². The highest BCUT2D eigenvalue weighted by molar-refractivity contribution is 5.74. The SMILES string of the molecule is CCC1CCC(NC(=O)NCC(C)CCO)CC1. The Morgan fingerprint density at radius 1 is 1.33 bits per heavy atom. The maximum atomic E-state index is 11.7. The molecule has 2 amide bonds. The summed E-state index contributed by atoms with van der Waals surface area (Å²) < 4.78 is 0. The van der Waals surface area contributed by atoms with E-state index in [2.05, 4.69) is 17.6 Å². The molecule has 1 rings (SSSR count). The summed E-state index contributed by atoms with van der Waals surface area (Å²) in [7, 11) is 0. The number of carbonyl (C=O) groups is 1. The van der Waals surface area contributed by atoms with Crippen LogP contribution in [0.25, 0.3) is 0 Å². The van der Waals surface area contributed by atoms with Crippen LogP contribution >= 0.6 is 0 Å². The van der Waals surface area contributed by atoms with Crippen LogP contribution in [0.3, 0.4) is 0 Å². The number of hydrogen-bond acceptors (Lipinski definition) is 2. The van der Waals surface area contributed by atoms with Gasteiger partial charge in [-0.15, -0.1) is 0 Å². The molecule has 106 valence electrons. The Kier molecular flexibility index (Phi) is 7.09. The first-order chi connectivity index (χ1) is 8.65. The first kappa shape index (κ1) is 15.3. The van der Waals surface area contributed by atoms with E-state index < -0.39 is 0 Å². The third-order valence-corrected chi connectivity index (χ3v) is 3.99. The van der Waals surface area contributed by atoms with Crippen LogP contribution in [0, 0.1) is 11.8 Å². The Morgan fingerprint density at radius 2 is 2.00 bits per heavy atom. The van der Waals surface area contributed by atoms with Gasteiger partial charge in [0, 0.05) is 19.2 Å². The molecular formula is C14H28N2O2. The third-order valence-electron chi connectivity index (χ3n) is 3.99. The van der Waals surface area contributed by atoms with Crippen LogP contribution in [-0.4, -0.2) is 30.3 Å². The van der Waals surface area contributed by atoms with Gasteiger partial charge in [0.1, 0.15) is 0 Å². The molecule has 0 bridgehead atoms. The van der Waals surface area contributed by atoms with Crippen LogP contribution in [0.5, 0.6) is 0 Å². The van der Waals surface area contributed by atoms with E-state index in [0.29, 0.717) is 18.5 Å². The maximum Gasteiger partial charge on any atom is 0.315 e. The fourth-order valence-electron chi connectivity index (χ4n) is 2.54. The maximum absolute atomic E-state index is 11.7. The minimum atomic E-state index is -0.0558. The lowest BCUT2D eigenvalue weighted by Gasteiger charge is -2.28. The standard InChI is InChI=1S/C14H28N2O2/c1-3-12-4-6-13(7-5-12)16-14(18)15-10-11(2)8-9-17/h11-13,17H,3-10H2,1-2H3,(H2,15,16,18). The number of carbonyl (C=O) groups excluding carboxylic acids is 1. The fourth-order valence-corrected chi connectivity index (χ4v) is 2.54. The molecule has 1 aliphatic rings. The zero-order valence-electron chi connectivity index (χ0n) is 11.7. The van der Waals surface area contributed by atoms with Gasteiger partial charge in [0.15, 0.2) is 0 Å². The summed E-state index contributed by atoms with van der Waals surface area (Å²) >= 11 is 0. The lowest BCUT2D eigenvalue weighted by atomic mass is 9.85. The van der Waals surface area contributed by atoms with E-state index in [9.17, 15) is 4.79 Å². The van der Waals surface area contributed by atoms with Gasteiger partial charge in [-0.2, -0.15) is 0 Å². The molecule has 0 heterocycles. The van der Waals surface area contributed by atoms with Crippen LogP contribution in [0.15, 0.2) is 0 Å². The average molecular weight is 256 g/mol. The average Bonchev–Trinajstić information content (AvgIpc) is 2.38. The normalized spacial score (nSPS) is 25.5. The highest BCUT2D eigenvalue weighted by Gasteiger charge is 2.21. The predicted octanol–water partition coefficient (Wildman–Crippen LogP) is 2.27. The summed E-state index contributed by atoms with van der Waals surface area (Å²) in [6.45, 7) is 5.10. The second-order valence-corrected chi connectivity index (χ2v) is 5.60. The van der Waals surface area contributed by atoms with E-state index in [1.807, 2.05) is 6.92 Å². The molecule has 1 saturated carbocycles. The molecule has 1 fully saturated rings. The van der Waals surface area contributed by atoms with Gasteiger partial charge in [-0.05, 0) is 43.9 Å². The van der Waals surface area contributed by atoms with Crippen molar-refractivity contribution in [2.45, 2.75) is 58.4 Å². The Morgan fingerprint density at radius 3 is 2.56 bits per heavy atom. The predicted molar refractivity (Wildman–Crippen MR) is 73.4 cm³/mol. The monoisotopic (exact) mass is 256 g/mol. The summed E-state index contributed by atoms with van der Waals surface area (Å²) in [5, 5.41) is 14.7. The Bertz CT molecular complexity index is 238. The molecule has 0 aromatic heterocycles. The van der Waals surface area contributed by atoms with Gasteiger partial charge >= 0.3 is 6.03 Å². The van der Waals surface area contributed by atoms with Gasteiger partial charge in [-0.1, -0.05) is 20.3 Å². The number of aliphatic hydroxyl groups is 1. The van der Waals surface area contributed by atoms with Crippen molar-refractivity contribution >= 4 is 6.03 Å². The first-order valence-corrected chi connectivity index (χ1v) is 7.30. The van der Waals surface area contributed by atoms with Crippen molar-refractivity contribution in [3.63, 3.8) is 0 Å². The zero-order chi connectivity index (χ0) is 13.4. The molecule has 3 N–H and O–H groups in total. The van der Waals surface area contributed by atoms with Crippen molar-refractivity contribution in [2.24, 2.45) is 11.8 Å². The summed E-state index contributed by atoms with van der Waals surface area (Å²) in [5.41, 5.74) is 0. The molecule has 18 heavy (non-hydrogen) atoms. The first-order valence-electron chi connectivity index (χ1n) is 7.30. The minimum Gasteiger partial charge on any atom is -0.396 e. The molecule has 0 spiro atoms. The smallest absolute Gasteiger partial charge is 0.315 e. The highest BCUT2D eigenvalue weighted by atomic mass is 16.3. The molecule has 0 saturated heterocycles. The number of nitrogens with one attached hydrogen (secondary N) is 2. The van der Waals surface area contributed by atoms with E-state index in [4.69, 9.17) is 5.11 Å². The molecule has 4 heteroatoms. The van der Waals surface area contributed by atoms with Gasteiger partial charge in [0.2, 0.25) is 0 Å². The third kappa shape index (κ3) is 5.71. The molecular weight excluding hydrogens is 228 g/mol. The molecule has 1 unspecified atom stereocenters. The Hall–Kier alpha value is -0.770.